The monoisotopic (exact) mass is 371 g/mol. The van der Waals surface area contributed by atoms with Gasteiger partial charge < -0.3 is 4.57 Å². The molecule has 3 rings (SSSR count). The molecule has 0 saturated heterocycles. The third kappa shape index (κ3) is 4.86. The van der Waals surface area contributed by atoms with E-state index in [-0.39, 0.29) is 0 Å². The van der Waals surface area contributed by atoms with Crippen molar-refractivity contribution in [2.45, 2.75) is 37.9 Å². The second-order valence-electron chi connectivity index (χ2n) is 5.90. The molecule has 0 aliphatic rings. The number of aromatic nitrogens is 3. The number of thioether (sulfide) groups is 1. The van der Waals surface area contributed by atoms with E-state index in [1.807, 2.05) is 24.3 Å². The summed E-state index contributed by atoms with van der Waals surface area (Å²) in [6.45, 7) is 3.10. The molecule has 0 N–H and O–H groups in total. The zero-order valence-corrected chi connectivity index (χ0v) is 15.9. The number of hydrogen-bond acceptors (Lipinski definition) is 3. The summed E-state index contributed by atoms with van der Waals surface area (Å²) in [5.74, 6) is 1.96. The number of nitrogens with zero attached hydrogens (tertiary/aromatic N) is 3. The highest BCUT2D eigenvalue weighted by atomic mass is 35.5. The lowest BCUT2D eigenvalue weighted by molar-refractivity contribution is 0.626. The lowest BCUT2D eigenvalue weighted by atomic mass is 10.1. The van der Waals surface area contributed by atoms with Gasteiger partial charge in [0.2, 0.25) is 0 Å². The van der Waals surface area contributed by atoms with Gasteiger partial charge in [0, 0.05) is 22.9 Å². The van der Waals surface area contributed by atoms with E-state index in [9.17, 15) is 0 Å². The molecule has 1 aromatic heterocycles. The molecule has 0 fully saturated rings. The van der Waals surface area contributed by atoms with Gasteiger partial charge >= 0.3 is 0 Å². The fourth-order valence-corrected chi connectivity index (χ4v) is 3.75. The molecule has 5 heteroatoms. The molecule has 0 atom stereocenters. The average molecular weight is 372 g/mol. The van der Waals surface area contributed by atoms with Crippen molar-refractivity contribution in [2.75, 3.05) is 5.75 Å². The molecule has 0 aliphatic carbocycles. The van der Waals surface area contributed by atoms with Crippen LogP contribution in [0.25, 0.3) is 11.4 Å². The van der Waals surface area contributed by atoms with E-state index >= 15 is 0 Å². The predicted octanol–water partition coefficient (Wildman–Crippen LogP) is 5.73. The molecular formula is C20H22ClN3S. The van der Waals surface area contributed by atoms with Gasteiger partial charge in [0.05, 0.1) is 0 Å². The smallest absolute Gasteiger partial charge is 0.191 e. The molecular weight excluding hydrogens is 350 g/mol. The molecule has 0 spiro atoms. The van der Waals surface area contributed by atoms with Gasteiger partial charge in [0.25, 0.3) is 0 Å². The average Bonchev–Trinajstić information content (AvgIpc) is 3.03. The SMILES string of the molecule is CCCn1c(SCCCc2ccccc2)nnc1-c1ccc(Cl)cc1. The van der Waals surface area contributed by atoms with E-state index < -0.39 is 0 Å². The van der Waals surface area contributed by atoms with Crippen molar-refractivity contribution < 1.29 is 0 Å². The van der Waals surface area contributed by atoms with Gasteiger partial charge in [-0.15, -0.1) is 10.2 Å². The van der Waals surface area contributed by atoms with E-state index in [1.54, 1.807) is 11.8 Å². The first-order valence-corrected chi connectivity index (χ1v) is 10.00. The Kier molecular flexibility index (Phi) is 6.54. The molecule has 25 heavy (non-hydrogen) atoms. The van der Waals surface area contributed by atoms with Gasteiger partial charge in [-0.1, -0.05) is 60.6 Å². The standard InChI is InChI=1S/C20H22ClN3S/c1-2-14-24-19(17-10-12-18(21)13-11-17)22-23-20(24)25-15-6-9-16-7-4-3-5-8-16/h3-5,7-8,10-13H,2,6,9,14-15H2,1H3. The van der Waals surface area contributed by atoms with Crippen LogP contribution in [0.1, 0.15) is 25.3 Å². The maximum Gasteiger partial charge on any atom is 0.191 e. The molecule has 0 bridgehead atoms. The lowest BCUT2D eigenvalue weighted by Crippen LogP contribution is -2.02. The molecule has 3 aromatic rings. The summed E-state index contributed by atoms with van der Waals surface area (Å²) in [5, 5.41) is 10.6. The third-order valence-electron chi connectivity index (χ3n) is 3.95. The molecule has 0 unspecified atom stereocenters. The van der Waals surface area contributed by atoms with Crippen molar-refractivity contribution in [2.24, 2.45) is 0 Å². The maximum atomic E-state index is 5.99. The summed E-state index contributed by atoms with van der Waals surface area (Å²) in [5.41, 5.74) is 2.45. The van der Waals surface area contributed by atoms with Crippen molar-refractivity contribution >= 4 is 23.4 Å². The topological polar surface area (TPSA) is 30.7 Å². The van der Waals surface area contributed by atoms with Crippen LogP contribution in [0, 0.1) is 0 Å². The Bertz CT molecular complexity index is 784. The lowest BCUT2D eigenvalue weighted by Gasteiger charge is -2.09. The fraction of sp³-hybridized carbons (Fsp3) is 0.300. The first kappa shape index (κ1) is 18.0. The number of aryl methyl sites for hydroxylation is 1. The first-order chi connectivity index (χ1) is 12.3. The summed E-state index contributed by atoms with van der Waals surface area (Å²) >= 11 is 7.78. The van der Waals surface area contributed by atoms with Crippen LogP contribution in [0.2, 0.25) is 5.02 Å². The summed E-state index contributed by atoms with van der Waals surface area (Å²) in [6.07, 6.45) is 3.28. The highest BCUT2D eigenvalue weighted by molar-refractivity contribution is 7.99. The normalized spacial score (nSPS) is 11.0. The number of benzene rings is 2. The minimum Gasteiger partial charge on any atom is -0.302 e. The van der Waals surface area contributed by atoms with Crippen LogP contribution in [-0.2, 0) is 13.0 Å². The van der Waals surface area contributed by atoms with Crippen molar-refractivity contribution in [3.05, 3.63) is 65.2 Å². The van der Waals surface area contributed by atoms with Gasteiger partial charge in [-0.25, -0.2) is 0 Å². The van der Waals surface area contributed by atoms with Crippen molar-refractivity contribution in [1.29, 1.82) is 0 Å². The van der Waals surface area contributed by atoms with Gasteiger partial charge in [0.1, 0.15) is 0 Å². The minimum absolute atomic E-state index is 0.737. The summed E-state index contributed by atoms with van der Waals surface area (Å²) in [6, 6.07) is 18.4. The van der Waals surface area contributed by atoms with Gasteiger partial charge in [-0.3, -0.25) is 0 Å². The summed E-state index contributed by atoms with van der Waals surface area (Å²) < 4.78 is 2.22. The van der Waals surface area contributed by atoms with Gasteiger partial charge in [-0.05, 0) is 49.1 Å². The largest absolute Gasteiger partial charge is 0.302 e. The Morgan fingerprint density at radius 2 is 1.76 bits per heavy atom. The third-order valence-corrected chi connectivity index (χ3v) is 5.26. The zero-order valence-electron chi connectivity index (χ0n) is 14.4. The fourth-order valence-electron chi connectivity index (χ4n) is 2.72. The molecule has 0 saturated carbocycles. The molecule has 0 aliphatic heterocycles. The molecule has 130 valence electrons. The molecule has 2 aromatic carbocycles. The molecule has 0 radical (unpaired) electrons. The Hall–Kier alpha value is -1.78. The Morgan fingerprint density at radius 1 is 1.00 bits per heavy atom. The molecule has 1 heterocycles. The van der Waals surface area contributed by atoms with Crippen molar-refractivity contribution in [3.63, 3.8) is 0 Å². The van der Waals surface area contributed by atoms with E-state index in [0.29, 0.717) is 0 Å². The number of rotatable bonds is 8. The van der Waals surface area contributed by atoms with Crippen LogP contribution in [0.15, 0.2) is 59.8 Å². The highest BCUT2D eigenvalue weighted by Gasteiger charge is 2.13. The van der Waals surface area contributed by atoms with Crippen LogP contribution in [0.3, 0.4) is 0 Å². The van der Waals surface area contributed by atoms with Crippen LogP contribution >= 0.6 is 23.4 Å². The van der Waals surface area contributed by atoms with E-state index in [2.05, 4.69) is 52.0 Å². The Balaban J connectivity index is 1.65. The summed E-state index contributed by atoms with van der Waals surface area (Å²) in [4.78, 5) is 0. The highest BCUT2D eigenvalue weighted by Crippen LogP contribution is 2.26. The predicted molar refractivity (Wildman–Crippen MR) is 106 cm³/mol. The van der Waals surface area contributed by atoms with Crippen molar-refractivity contribution in [1.82, 2.24) is 14.8 Å². The summed E-state index contributed by atoms with van der Waals surface area (Å²) in [7, 11) is 0. The second kappa shape index (κ2) is 9.07. The Labute approximate surface area is 158 Å². The maximum absolute atomic E-state index is 5.99. The van der Waals surface area contributed by atoms with E-state index in [0.717, 1.165) is 53.1 Å². The zero-order chi connectivity index (χ0) is 17.5. The van der Waals surface area contributed by atoms with E-state index in [4.69, 9.17) is 11.6 Å². The molecule has 0 amide bonds. The number of hydrogen-bond donors (Lipinski definition) is 0. The second-order valence-corrected chi connectivity index (χ2v) is 7.40. The minimum atomic E-state index is 0.737. The van der Waals surface area contributed by atoms with Crippen LogP contribution in [0.4, 0.5) is 0 Å². The Morgan fingerprint density at radius 3 is 2.48 bits per heavy atom. The van der Waals surface area contributed by atoms with Crippen LogP contribution < -0.4 is 0 Å². The quantitative estimate of drug-likeness (QED) is 0.374. The number of halogens is 1. The van der Waals surface area contributed by atoms with Crippen LogP contribution in [0.5, 0.6) is 0 Å². The van der Waals surface area contributed by atoms with Gasteiger partial charge in [-0.2, -0.15) is 0 Å². The van der Waals surface area contributed by atoms with Crippen LogP contribution in [-0.4, -0.2) is 20.5 Å². The first-order valence-electron chi connectivity index (χ1n) is 8.64. The van der Waals surface area contributed by atoms with Crippen molar-refractivity contribution in [3.8, 4) is 11.4 Å². The molecule has 3 nitrogen and oxygen atoms in total. The van der Waals surface area contributed by atoms with Gasteiger partial charge in [0.15, 0.2) is 11.0 Å². The van der Waals surface area contributed by atoms with E-state index in [1.165, 1.54) is 5.56 Å².